The smallest absolute Gasteiger partial charge is 0.389 e. The van der Waals surface area contributed by atoms with Crippen LogP contribution in [0.15, 0.2) is 35.3 Å². The van der Waals surface area contributed by atoms with Gasteiger partial charge in [-0.3, -0.25) is 4.79 Å². The number of aromatic nitrogens is 3. The first kappa shape index (κ1) is 21.6. The molecule has 0 atom stereocenters. The van der Waals surface area contributed by atoms with E-state index in [0.717, 1.165) is 16.7 Å². The number of aromatic carboxylic acids is 1. The SMILES string of the molecule is N#Cc1ccc(CNC(=O)c2cc(C(=O)O)n3c(=O)[nH]cc3n2)c(CCC(F)(F)F)c1. The highest BCUT2D eigenvalue weighted by atomic mass is 19.4. The molecular weight excluding hydrogens is 419 g/mol. The topological polar surface area (TPSA) is 140 Å². The van der Waals surface area contributed by atoms with Crippen LogP contribution >= 0.6 is 0 Å². The number of alkyl halides is 3. The van der Waals surface area contributed by atoms with Crippen LogP contribution in [0, 0.1) is 11.3 Å². The number of rotatable bonds is 6. The van der Waals surface area contributed by atoms with E-state index < -0.39 is 35.9 Å². The second-order valence-electron chi connectivity index (χ2n) is 6.51. The zero-order valence-corrected chi connectivity index (χ0v) is 15.7. The molecule has 31 heavy (non-hydrogen) atoms. The van der Waals surface area contributed by atoms with E-state index in [4.69, 9.17) is 5.26 Å². The fraction of sp³-hybridized carbons (Fsp3) is 0.211. The van der Waals surface area contributed by atoms with Gasteiger partial charge in [0.1, 0.15) is 11.4 Å². The number of aromatic amines is 1. The number of halogens is 3. The van der Waals surface area contributed by atoms with E-state index in [2.05, 4.69) is 15.3 Å². The lowest BCUT2D eigenvalue weighted by Crippen LogP contribution is -2.26. The number of carboxylic acid groups (broad SMARTS) is 1. The average molecular weight is 433 g/mol. The third kappa shape index (κ3) is 4.89. The molecule has 0 aliphatic rings. The van der Waals surface area contributed by atoms with E-state index in [1.165, 1.54) is 18.2 Å². The first-order valence-electron chi connectivity index (χ1n) is 8.80. The lowest BCUT2D eigenvalue weighted by molar-refractivity contribution is -0.134. The summed E-state index contributed by atoms with van der Waals surface area (Å²) >= 11 is 0. The minimum absolute atomic E-state index is 0.0840. The van der Waals surface area contributed by atoms with Crippen LogP contribution in [0.5, 0.6) is 0 Å². The van der Waals surface area contributed by atoms with Crippen LogP contribution in [0.2, 0.25) is 0 Å². The number of hydrogen-bond acceptors (Lipinski definition) is 5. The van der Waals surface area contributed by atoms with E-state index in [1.54, 1.807) is 0 Å². The predicted octanol–water partition coefficient (Wildman–Crippen LogP) is 2.02. The van der Waals surface area contributed by atoms with Crippen molar-refractivity contribution in [3.8, 4) is 6.07 Å². The quantitative estimate of drug-likeness (QED) is 0.543. The van der Waals surface area contributed by atoms with Crippen molar-refractivity contribution in [3.63, 3.8) is 0 Å². The fourth-order valence-electron chi connectivity index (χ4n) is 2.94. The van der Waals surface area contributed by atoms with Crippen molar-refractivity contribution in [3.05, 3.63) is 69.0 Å². The van der Waals surface area contributed by atoms with Crippen molar-refractivity contribution in [2.45, 2.75) is 25.6 Å². The Hall–Kier alpha value is -4.14. The molecule has 12 heteroatoms. The van der Waals surface area contributed by atoms with E-state index in [9.17, 15) is 32.7 Å². The Morgan fingerprint density at radius 3 is 2.65 bits per heavy atom. The van der Waals surface area contributed by atoms with Gasteiger partial charge in [-0.05, 0) is 29.7 Å². The van der Waals surface area contributed by atoms with Crippen molar-refractivity contribution >= 4 is 17.5 Å². The number of hydrogen-bond donors (Lipinski definition) is 3. The van der Waals surface area contributed by atoms with E-state index in [0.29, 0.717) is 5.56 Å². The van der Waals surface area contributed by atoms with Crippen LogP contribution in [0.25, 0.3) is 5.65 Å². The number of imidazole rings is 1. The number of benzene rings is 1. The van der Waals surface area contributed by atoms with Crippen LogP contribution in [-0.2, 0) is 13.0 Å². The summed E-state index contributed by atoms with van der Waals surface area (Å²) in [6, 6.07) is 6.95. The first-order valence-corrected chi connectivity index (χ1v) is 8.80. The Balaban J connectivity index is 1.85. The molecule has 9 nitrogen and oxygen atoms in total. The monoisotopic (exact) mass is 433 g/mol. The molecule has 0 unspecified atom stereocenters. The first-order chi connectivity index (χ1) is 14.6. The third-order valence-electron chi connectivity index (χ3n) is 4.41. The summed E-state index contributed by atoms with van der Waals surface area (Å²) < 4.78 is 38.6. The molecule has 2 aromatic heterocycles. The normalized spacial score (nSPS) is 11.3. The highest BCUT2D eigenvalue weighted by Crippen LogP contribution is 2.24. The predicted molar refractivity (Wildman–Crippen MR) is 99.5 cm³/mol. The van der Waals surface area contributed by atoms with Gasteiger partial charge in [0.2, 0.25) is 0 Å². The van der Waals surface area contributed by atoms with E-state index in [-0.39, 0.29) is 35.4 Å². The molecule has 2 heterocycles. The van der Waals surface area contributed by atoms with Gasteiger partial charge in [0, 0.05) is 25.2 Å². The molecule has 0 spiro atoms. The average Bonchev–Trinajstić information content (AvgIpc) is 3.10. The summed E-state index contributed by atoms with van der Waals surface area (Å²) in [5.41, 5.74) is -0.786. The van der Waals surface area contributed by atoms with Crippen molar-refractivity contribution in [2.75, 3.05) is 0 Å². The molecule has 0 aliphatic carbocycles. The number of carbonyl (C=O) groups excluding carboxylic acids is 1. The molecule has 0 fully saturated rings. The maximum atomic E-state index is 12.6. The molecular formula is C19H14F3N5O4. The maximum absolute atomic E-state index is 12.6. The van der Waals surface area contributed by atoms with Crippen molar-refractivity contribution < 1.29 is 27.9 Å². The van der Waals surface area contributed by atoms with Crippen molar-refractivity contribution in [1.29, 1.82) is 5.26 Å². The zero-order chi connectivity index (χ0) is 22.8. The number of nitriles is 1. The molecule has 1 amide bonds. The maximum Gasteiger partial charge on any atom is 0.389 e. The molecule has 3 rings (SSSR count). The summed E-state index contributed by atoms with van der Waals surface area (Å²) in [6.45, 7) is -0.174. The van der Waals surface area contributed by atoms with Crippen LogP contribution in [0.1, 0.15) is 44.1 Å². The molecule has 0 saturated carbocycles. The summed E-state index contributed by atoms with van der Waals surface area (Å²) in [4.78, 5) is 41.8. The van der Waals surface area contributed by atoms with Crippen molar-refractivity contribution in [1.82, 2.24) is 19.7 Å². The van der Waals surface area contributed by atoms with Gasteiger partial charge in [0.25, 0.3) is 5.91 Å². The van der Waals surface area contributed by atoms with Crippen LogP contribution < -0.4 is 11.0 Å². The Morgan fingerprint density at radius 2 is 2.00 bits per heavy atom. The van der Waals surface area contributed by atoms with Gasteiger partial charge < -0.3 is 15.4 Å². The lowest BCUT2D eigenvalue weighted by Gasteiger charge is -2.13. The van der Waals surface area contributed by atoms with Gasteiger partial charge in [-0.2, -0.15) is 18.4 Å². The molecule has 0 bridgehead atoms. The molecule has 160 valence electrons. The number of H-pyrrole nitrogens is 1. The summed E-state index contributed by atoms with van der Waals surface area (Å²) in [6.07, 6.45) is -4.71. The van der Waals surface area contributed by atoms with Gasteiger partial charge in [-0.15, -0.1) is 0 Å². The number of nitrogens with zero attached hydrogens (tertiary/aromatic N) is 3. The van der Waals surface area contributed by atoms with Gasteiger partial charge in [0.15, 0.2) is 5.65 Å². The van der Waals surface area contributed by atoms with E-state index in [1.807, 2.05) is 6.07 Å². The number of carboxylic acids is 1. The Bertz CT molecular complexity index is 1270. The van der Waals surface area contributed by atoms with Crippen LogP contribution in [-0.4, -0.2) is 37.5 Å². The third-order valence-corrected chi connectivity index (χ3v) is 4.41. The summed E-state index contributed by atoms with van der Waals surface area (Å²) in [7, 11) is 0. The van der Waals surface area contributed by atoms with Crippen LogP contribution in [0.4, 0.5) is 13.2 Å². The number of nitrogens with one attached hydrogen (secondary N) is 2. The highest BCUT2D eigenvalue weighted by Gasteiger charge is 2.27. The Labute approximate surface area is 171 Å². The highest BCUT2D eigenvalue weighted by molar-refractivity contribution is 5.96. The van der Waals surface area contributed by atoms with Gasteiger partial charge in [0.05, 0.1) is 11.6 Å². The molecule has 0 aliphatic heterocycles. The van der Waals surface area contributed by atoms with Gasteiger partial charge in [-0.1, -0.05) is 6.07 Å². The second-order valence-corrected chi connectivity index (χ2v) is 6.51. The zero-order valence-electron chi connectivity index (χ0n) is 15.7. The minimum atomic E-state index is -4.38. The second kappa shape index (κ2) is 8.31. The molecule has 3 aromatic rings. The summed E-state index contributed by atoms with van der Waals surface area (Å²) in [5.74, 6) is -2.24. The summed E-state index contributed by atoms with van der Waals surface area (Å²) in [5, 5.41) is 20.8. The molecule has 1 aromatic carbocycles. The molecule has 3 N–H and O–H groups in total. The Morgan fingerprint density at radius 1 is 1.26 bits per heavy atom. The van der Waals surface area contributed by atoms with Gasteiger partial charge >= 0.3 is 17.8 Å². The van der Waals surface area contributed by atoms with Gasteiger partial charge in [-0.25, -0.2) is 19.0 Å². The molecule has 0 radical (unpaired) electrons. The van der Waals surface area contributed by atoms with Crippen molar-refractivity contribution in [2.24, 2.45) is 0 Å². The van der Waals surface area contributed by atoms with Crippen LogP contribution in [0.3, 0.4) is 0 Å². The molecule has 0 saturated heterocycles. The number of amides is 1. The standard InChI is InChI=1S/C19H14F3N5O4/c20-19(21,22)4-3-11-5-10(7-23)1-2-12(11)8-24-16(28)13-6-14(17(29)30)27-15(26-13)9-25-18(27)31/h1-2,5-6,9H,3-4,8H2,(H,24,28)(H,25,31)(H,29,30). The van der Waals surface area contributed by atoms with E-state index >= 15 is 0 Å². The fourth-order valence-corrected chi connectivity index (χ4v) is 2.94. The largest absolute Gasteiger partial charge is 0.477 e. The number of aryl methyl sites for hydroxylation is 1. The Kier molecular flexibility index (Phi) is 5.78. The number of carbonyl (C=O) groups is 2. The number of fused-ring (bicyclic) bond motifs is 1. The lowest BCUT2D eigenvalue weighted by atomic mass is 10.00. The minimum Gasteiger partial charge on any atom is -0.477 e.